The van der Waals surface area contributed by atoms with Crippen molar-refractivity contribution in [3.63, 3.8) is 0 Å². The summed E-state index contributed by atoms with van der Waals surface area (Å²) in [5.74, 6) is 0.924. The maximum atomic E-state index is 5.26. The molecule has 118 valence electrons. The Labute approximate surface area is 134 Å². The highest BCUT2D eigenvalue weighted by atomic mass is 16.5. The van der Waals surface area contributed by atoms with Crippen LogP contribution < -0.4 is 10.2 Å². The van der Waals surface area contributed by atoms with E-state index in [1.165, 1.54) is 0 Å². The van der Waals surface area contributed by atoms with Gasteiger partial charge in [-0.25, -0.2) is 4.98 Å². The lowest BCUT2D eigenvalue weighted by molar-refractivity contribution is 0.442. The van der Waals surface area contributed by atoms with E-state index in [9.17, 15) is 0 Å². The van der Waals surface area contributed by atoms with Crippen molar-refractivity contribution in [3.05, 3.63) is 42.4 Å². The van der Waals surface area contributed by atoms with Crippen LogP contribution in [-0.2, 0) is 0 Å². The number of benzene rings is 1. The number of anilines is 2. The molecule has 6 heteroatoms. The van der Waals surface area contributed by atoms with Crippen LogP contribution in [0, 0.1) is 6.92 Å². The Morgan fingerprint density at radius 2 is 2.09 bits per heavy atom. The maximum absolute atomic E-state index is 5.26. The van der Waals surface area contributed by atoms with Crippen LogP contribution in [0.1, 0.15) is 18.5 Å². The summed E-state index contributed by atoms with van der Waals surface area (Å²) >= 11 is 0. The van der Waals surface area contributed by atoms with E-state index in [1.807, 2.05) is 13.0 Å². The Morgan fingerprint density at radius 3 is 2.96 bits per heavy atom. The van der Waals surface area contributed by atoms with Gasteiger partial charge in [0.1, 0.15) is 17.5 Å². The van der Waals surface area contributed by atoms with Gasteiger partial charge in [-0.3, -0.25) is 0 Å². The van der Waals surface area contributed by atoms with Crippen molar-refractivity contribution in [2.45, 2.75) is 25.8 Å². The highest BCUT2D eigenvalue weighted by Gasteiger charge is 2.24. The molecule has 1 unspecified atom stereocenters. The van der Waals surface area contributed by atoms with Crippen LogP contribution in [-0.4, -0.2) is 34.3 Å². The molecule has 0 aliphatic carbocycles. The second-order valence-electron chi connectivity index (χ2n) is 5.94. The molecule has 1 aromatic carbocycles. The van der Waals surface area contributed by atoms with E-state index < -0.39 is 0 Å². The van der Waals surface area contributed by atoms with Gasteiger partial charge >= 0.3 is 0 Å². The number of rotatable bonds is 3. The lowest BCUT2D eigenvalue weighted by atomic mass is 10.0. The minimum absolute atomic E-state index is 0.399. The van der Waals surface area contributed by atoms with Gasteiger partial charge in [0.2, 0.25) is 0 Å². The molecular formula is C17H19N5O. The monoisotopic (exact) mass is 309 g/mol. The molecule has 1 aliphatic rings. The van der Waals surface area contributed by atoms with Gasteiger partial charge in [0.15, 0.2) is 0 Å². The summed E-state index contributed by atoms with van der Waals surface area (Å²) in [5, 5.41) is 8.56. The van der Waals surface area contributed by atoms with E-state index in [1.54, 1.807) is 6.33 Å². The second kappa shape index (κ2) is 5.87. The van der Waals surface area contributed by atoms with Crippen LogP contribution in [0.5, 0.6) is 0 Å². The average molecular weight is 309 g/mol. The summed E-state index contributed by atoms with van der Waals surface area (Å²) in [5.41, 5.74) is 2.56. The predicted molar refractivity (Wildman–Crippen MR) is 89.6 cm³/mol. The minimum Gasteiger partial charge on any atom is -0.381 e. The molecule has 3 heterocycles. The number of hydrogen-bond donors (Lipinski definition) is 1. The van der Waals surface area contributed by atoms with Crippen molar-refractivity contribution in [3.8, 4) is 0 Å². The van der Waals surface area contributed by atoms with Gasteiger partial charge in [-0.05, 0) is 31.9 Å². The zero-order chi connectivity index (χ0) is 15.6. The molecule has 1 atom stereocenters. The fourth-order valence-corrected chi connectivity index (χ4v) is 3.20. The molecule has 0 bridgehead atoms. The minimum atomic E-state index is 0.399. The van der Waals surface area contributed by atoms with Gasteiger partial charge in [-0.15, -0.1) is 0 Å². The first-order valence-corrected chi connectivity index (χ1v) is 7.95. The Hall–Kier alpha value is -2.63. The molecule has 1 fully saturated rings. The molecular weight excluding hydrogens is 290 g/mol. The van der Waals surface area contributed by atoms with Crippen LogP contribution in [0.25, 0.3) is 11.1 Å². The Balaban J connectivity index is 1.58. The molecule has 0 saturated carbocycles. The zero-order valence-electron chi connectivity index (χ0n) is 13.1. The first-order chi connectivity index (χ1) is 11.3. The standard InChI is InChI=1S/C17H19N5O/c1-12-15-16(18-11-19-17(15)23-21-12)22-9-5-8-14(10-22)20-13-6-3-2-4-7-13/h2-4,6-7,11,14,20H,5,8-10H2,1H3. The zero-order valence-corrected chi connectivity index (χ0v) is 13.1. The third kappa shape index (κ3) is 2.72. The van der Waals surface area contributed by atoms with Gasteiger partial charge in [-0.1, -0.05) is 23.4 Å². The molecule has 1 N–H and O–H groups in total. The first-order valence-electron chi connectivity index (χ1n) is 7.95. The Bertz CT molecular complexity index is 801. The number of fused-ring (bicyclic) bond motifs is 1. The van der Waals surface area contributed by atoms with Gasteiger partial charge in [0.25, 0.3) is 5.71 Å². The number of hydrogen-bond acceptors (Lipinski definition) is 6. The van der Waals surface area contributed by atoms with E-state index in [-0.39, 0.29) is 0 Å². The molecule has 0 radical (unpaired) electrons. The topological polar surface area (TPSA) is 67.1 Å². The predicted octanol–water partition coefficient (Wildman–Crippen LogP) is 3.01. The van der Waals surface area contributed by atoms with Crippen LogP contribution in [0.2, 0.25) is 0 Å². The molecule has 23 heavy (non-hydrogen) atoms. The van der Waals surface area contributed by atoms with Crippen molar-refractivity contribution >= 4 is 22.6 Å². The third-order valence-electron chi connectivity index (χ3n) is 4.29. The van der Waals surface area contributed by atoms with Gasteiger partial charge in [0.05, 0.1) is 5.69 Å². The first kappa shape index (κ1) is 14.0. The Morgan fingerprint density at radius 1 is 1.22 bits per heavy atom. The molecule has 0 spiro atoms. The normalized spacial score (nSPS) is 18.3. The van der Waals surface area contributed by atoms with E-state index in [0.717, 1.165) is 48.5 Å². The van der Waals surface area contributed by atoms with E-state index in [4.69, 9.17) is 4.52 Å². The van der Waals surface area contributed by atoms with Crippen LogP contribution in [0.3, 0.4) is 0 Å². The molecule has 4 rings (SSSR count). The van der Waals surface area contributed by atoms with Crippen LogP contribution in [0.15, 0.2) is 41.2 Å². The molecule has 6 nitrogen and oxygen atoms in total. The fourth-order valence-electron chi connectivity index (χ4n) is 3.20. The van der Waals surface area contributed by atoms with Crippen LogP contribution >= 0.6 is 0 Å². The van der Waals surface area contributed by atoms with E-state index in [0.29, 0.717) is 11.8 Å². The lowest BCUT2D eigenvalue weighted by Gasteiger charge is -2.34. The molecule has 1 saturated heterocycles. The smallest absolute Gasteiger partial charge is 0.263 e. The quantitative estimate of drug-likeness (QED) is 0.802. The third-order valence-corrected chi connectivity index (χ3v) is 4.29. The Kier molecular flexibility index (Phi) is 3.57. The average Bonchev–Trinajstić information content (AvgIpc) is 2.98. The van der Waals surface area contributed by atoms with Crippen molar-refractivity contribution in [1.82, 2.24) is 15.1 Å². The van der Waals surface area contributed by atoms with Crippen molar-refractivity contribution in [2.75, 3.05) is 23.3 Å². The second-order valence-corrected chi connectivity index (χ2v) is 5.94. The molecule has 3 aromatic rings. The largest absolute Gasteiger partial charge is 0.381 e. The number of piperidine rings is 1. The van der Waals surface area contributed by atoms with Gasteiger partial charge in [0, 0.05) is 24.8 Å². The van der Waals surface area contributed by atoms with Gasteiger partial charge < -0.3 is 14.7 Å². The van der Waals surface area contributed by atoms with E-state index >= 15 is 0 Å². The number of para-hydroxylation sites is 1. The van der Waals surface area contributed by atoms with Crippen molar-refractivity contribution in [2.24, 2.45) is 0 Å². The summed E-state index contributed by atoms with van der Waals surface area (Å²) in [4.78, 5) is 11.0. The number of aryl methyl sites for hydroxylation is 1. The highest BCUT2D eigenvalue weighted by molar-refractivity contribution is 5.87. The number of nitrogens with zero attached hydrogens (tertiary/aromatic N) is 4. The fraction of sp³-hybridized carbons (Fsp3) is 0.353. The number of aromatic nitrogens is 3. The van der Waals surface area contributed by atoms with Gasteiger partial charge in [-0.2, -0.15) is 4.98 Å². The maximum Gasteiger partial charge on any atom is 0.263 e. The summed E-state index contributed by atoms with van der Waals surface area (Å²) in [6.45, 7) is 3.83. The molecule has 0 amide bonds. The van der Waals surface area contributed by atoms with Crippen molar-refractivity contribution in [1.29, 1.82) is 0 Å². The lowest BCUT2D eigenvalue weighted by Crippen LogP contribution is -2.42. The molecule has 2 aromatic heterocycles. The number of nitrogens with one attached hydrogen (secondary N) is 1. The summed E-state index contributed by atoms with van der Waals surface area (Å²) in [6.07, 6.45) is 3.83. The SMILES string of the molecule is Cc1noc2ncnc(N3CCCC(Nc4ccccc4)C3)c12. The summed E-state index contributed by atoms with van der Waals surface area (Å²) in [7, 11) is 0. The summed E-state index contributed by atoms with van der Waals surface area (Å²) < 4.78 is 5.26. The highest BCUT2D eigenvalue weighted by Crippen LogP contribution is 2.28. The van der Waals surface area contributed by atoms with Crippen LogP contribution in [0.4, 0.5) is 11.5 Å². The summed E-state index contributed by atoms with van der Waals surface area (Å²) in [6, 6.07) is 10.7. The van der Waals surface area contributed by atoms with Crippen molar-refractivity contribution < 1.29 is 4.52 Å². The molecule has 1 aliphatic heterocycles. The van der Waals surface area contributed by atoms with E-state index in [2.05, 4.69) is 49.6 Å².